The van der Waals surface area contributed by atoms with Crippen LogP contribution in [0.25, 0.3) is 0 Å². The van der Waals surface area contributed by atoms with Gasteiger partial charge in [0.2, 0.25) is 11.8 Å². The third kappa shape index (κ3) is 3.56. The molecule has 0 saturated carbocycles. The fourth-order valence-corrected chi connectivity index (χ4v) is 4.79. The quantitative estimate of drug-likeness (QED) is 0.257. The molecule has 30 heavy (non-hydrogen) atoms. The van der Waals surface area contributed by atoms with E-state index in [0.717, 1.165) is 4.90 Å². The molecule has 8 nitrogen and oxygen atoms in total. The van der Waals surface area contributed by atoms with Crippen LogP contribution < -0.4 is 34.7 Å². The normalized spacial score (nSPS) is 29.3. The van der Waals surface area contributed by atoms with E-state index in [4.69, 9.17) is 0 Å². The van der Waals surface area contributed by atoms with Gasteiger partial charge in [-0.05, 0) is 24.5 Å². The van der Waals surface area contributed by atoms with E-state index < -0.39 is 42.6 Å². The largest absolute Gasteiger partial charge is 1.00 e. The summed E-state index contributed by atoms with van der Waals surface area (Å²) in [6, 6.07) is -1.15. The second-order valence-corrected chi connectivity index (χ2v) is 7.70. The van der Waals surface area contributed by atoms with Crippen molar-refractivity contribution in [1.82, 2.24) is 14.7 Å². The molecular formula is C18H17F3N3NaO5. The molecule has 3 amide bonds. The molecule has 4 aliphatic rings. The summed E-state index contributed by atoms with van der Waals surface area (Å²) in [5.74, 6) is -3.43. The van der Waals surface area contributed by atoms with Gasteiger partial charge in [0.1, 0.15) is 12.6 Å². The van der Waals surface area contributed by atoms with Crippen LogP contribution in [0.1, 0.15) is 19.8 Å². The monoisotopic (exact) mass is 435 g/mol. The van der Waals surface area contributed by atoms with Crippen molar-refractivity contribution in [2.24, 2.45) is 5.92 Å². The van der Waals surface area contributed by atoms with Crippen LogP contribution in [0.5, 0.6) is 0 Å². The first-order chi connectivity index (χ1) is 13.5. The summed E-state index contributed by atoms with van der Waals surface area (Å²) in [6.45, 7) is 0.108. The standard InChI is InChI=1S/C18H18F3N3O5.Na/c1-8(25)23-6-11-5-10(13(17(28)29)24-12(11)14(23)16(24)27)4-9-2-3-22(15(9)26)7-18(19,20)21;/h4,11-12,14H,2-3,5-7H2,1H3,(H,28,29);/q;+1/p-1/b9-4+;/t11?,12-,14?;/m1./s1. The second-order valence-electron chi connectivity index (χ2n) is 7.70. The van der Waals surface area contributed by atoms with Crippen molar-refractivity contribution in [1.29, 1.82) is 0 Å². The first kappa shape index (κ1) is 22.8. The predicted octanol–water partition coefficient (Wildman–Crippen LogP) is -3.82. The molecule has 0 aromatic rings. The Hall–Kier alpha value is -1.85. The number of amides is 3. The van der Waals surface area contributed by atoms with Crippen molar-refractivity contribution in [2.75, 3.05) is 19.6 Å². The van der Waals surface area contributed by atoms with Gasteiger partial charge in [0.25, 0.3) is 5.91 Å². The number of halogens is 3. The summed E-state index contributed by atoms with van der Waals surface area (Å²) < 4.78 is 37.8. The number of carbonyl (C=O) groups excluding carboxylic acids is 4. The fourth-order valence-electron chi connectivity index (χ4n) is 4.79. The Kier molecular flexibility index (Phi) is 5.85. The molecular weight excluding hydrogens is 418 g/mol. The number of carboxylic acids is 1. The minimum absolute atomic E-state index is 0. The van der Waals surface area contributed by atoms with Crippen LogP contribution in [0.4, 0.5) is 13.2 Å². The summed E-state index contributed by atoms with van der Waals surface area (Å²) in [5.41, 5.74) is -0.138. The molecule has 0 radical (unpaired) electrons. The molecule has 0 N–H and O–H groups in total. The molecule has 3 fully saturated rings. The molecule has 12 heteroatoms. The van der Waals surface area contributed by atoms with Crippen molar-refractivity contribution in [3.8, 4) is 0 Å². The first-order valence-corrected chi connectivity index (χ1v) is 9.11. The minimum Gasteiger partial charge on any atom is -0.543 e. The number of alkyl halides is 3. The number of β-lactam (4-membered cyclic amide) rings is 1. The van der Waals surface area contributed by atoms with Crippen LogP contribution in [-0.2, 0) is 19.2 Å². The zero-order chi connectivity index (χ0) is 21.2. The third-order valence-electron chi connectivity index (χ3n) is 5.92. The smallest absolute Gasteiger partial charge is 0.543 e. The van der Waals surface area contributed by atoms with Crippen LogP contribution >= 0.6 is 0 Å². The van der Waals surface area contributed by atoms with Crippen molar-refractivity contribution in [3.63, 3.8) is 0 Å². The molecule has 2 unspecified atom stereocenters. The van der Waals surface area contributed by atoms with E-state index in [0.29, 0.717) is 4.90 Å². The molecule has 4 aliphatic heterocycles. The molecule has 0 spiro atoms. The van der Waals surface area contributed by atoms with Crippen LogP contribution in [-0.4, -0.2) is 76.3 Å². The van der Waals surface area contributed by atoms with E-state index in [1.165, 1.54) is 17.9 Å². The zero-order valence-electron chi connectivity index (χ0n) is 16.4. The molecule has 0 aromatic carbocycles. The maximum Gasteiger partial charge on any atom is 1.00 e. The van der Waals surface area contributed by atoms with Crippen LogP contribution in [0.3, 0.4) is 0 Å². The summed E-state index contributed by atoms with van der Waals surface area (Å²) in [6.07, 6.45) is -3.02. The number of hydrogen-bond acceptors (Lipinski definition) is 5. The number of allylic oxidation sites excluding steroid dienone is 2. The maximum atomic E-state index is 12.6. The van der Waals surface area contributed by atoms with E-state index >= 15 is 0 Å². The number of nitrogens with zero attached hydrogens (tertiary/aromatic N) is 3. The van der Waals surface area contributed by atoms with Gasteiger partial charge in [-0.25, -0.2) is 0 Å². The van der Waals surface area contributed by atoms with E-state index in [1.807, 2.05) is 0 Å². The number of carbonyl (C=O) groups is 4. The fraction of sp³-hybridized carbons (Fsp3) is 0.556. The molecule has 4 rings (SSSR count). The second kappa shape index (κ2) is 7.69. The minimum atomic E-state index is -4.53. The maximum absolute atomic E-state index is 12.6. The molecule has 156 valence electrons. The van der Waals surface area contributed by atoms with Crippen molar-refractivity contribution in [2.45, 2.75) is 38.0 Å². The van der Waals surface area contributed by atoms with E-state index in [1.54, 1.807) is 0 Å². The van der Waals surface area contributed by atoms with Crippen LogP contribution in [0.15, 0.2) is 22.9 Å². The number of carboxylic acid groups (broad SMARTS) is 1. The summed E-state index contributed by atoms with van der Waals surface area (Å²) in [4.78, 5) is 51.5. The van der Waals surface area contributed by atoms with Gasteiger partial charge in [0, 0.05) is 31.5 Å². The molecule has 0 aromatic heterocycles. The summed E-state index contributed by atoms with van der Waals surface area (Å²) in [5, 5.41) is 11.7. The molecule has 0 aliphatic carbocycles. The Morgan fingerprint density at radius 1 is 1.27 bits per heavy atom. The molecule has 3 saturated heterocycles. The topological polar surface area (TPSA) is 101 Å². The summed E-state index contributed by atoms with van der Waals surface area (Å²) in [7, 11) is 0. The average Bonchev–Trinajstić information content (AvgIpc) is 3.13. The van der Waals surface area contributed by atoms with E-state index in [9.17, 15) is 37.5 Å². The Morgan fingerprint density at radius 2 is 1.93 bits per heavy atom. The number of likely N-dealkylation sites (tertiary alicyclic amines) is 2. The van der Waals surface area contributed by atoms with Gasteiger partial charge in [0.05, 0.1) is 17.7 Å². The average molecular weight is 435 g/mol. The molecule has 0 bridgehead atoms. The Balaban J connectivity index is 0.00000256. The zero-order valence-corrected chi connectivity index (χ0v) is 18.4. The van der Waals surface area contributed by atoms with Gasteiger partial charge in [-0.3, -0.25) is 14.4 Å². The number of rotatable bonds is 3. The van der Waals surface area contributed by atoms with Gasteiger partial charge in [-0.1, -0.05) is 0 Å². The summed E-state index contributed by atoms with van der Waals surface area (Å²) >= 11 is 0. The van der Waals surface area contributed by atoms with Gasteiger partial charge in [0.15, 0.2) is 0 Å². The van der Waals surface area contributed by atoms with Gasteiger partial charge < -0.3 is 24.6 Å². The van der Waals surface area contributed by atoms with E-state index in [-0.39, 0.29) is 84.2 Å². The molecule has 3 atom stereocenters. The third-order valence-corrected chi connectivity index (χ3v) is 5.92. The van der Waals surface area contributed by atoms with Gasteiger partial charge >= 0.3 is 35.7 Å². The van der Waals surface area contributed by atoms with Crippen LogP contribution in [0, 0.1) is 5.92 Å². The van der Waals surface area contributed by atoms with E-state index in [2.05, 4.69) is 0 Å². The predicted molar refractivity (Wildman–Crippen MR) is 87.3 cm³/mol. The van der Waals surface area contributed by atoms with Crippen LogP contribution in [0.2, 0.25) is 0 Å². The SMILES string of the molecule is CC(=O)N1CC2CC(/C=C3\CCN(CC(F)(F)F)C3=O)=C(C(=O)[O-])N3C(=O)C1[C@@H]23.[Na+]. The van der Waals surface area contributed by atoms with Gasteiger partial charge in [-0.15, -0.1) is 0 Å². The number of hydrogen-bond donors (Lipinski definition) is 0. The Labute approximate surface area is 191 Å². The first-order valence-electron chi connectivity index (χ1n) is 9.11. The van der Waals surface area contributed by atoms with Crippen molar-refractivity contribution in [3.05, 3.63) is 22.9 Å². The Morgan fingerprint density at radius 3 is 2.50 bits per heavy atom. The van der Waals surface area contributed by atoms with Crippen molar-refractivity contribution >= 4 is 23.7 Å². The molecule has 4 heterocycles. The van der Waals surface area contributed by atoms with Gasteiger partial charge in [-0.2, -0.15) is 13.2 Å². The number of aliphatic carboxylic acids is 1. The van der Waals surface area contributed by atoms with Crippen molar-refractivity contribution < 1.29 is 67.0 Å². The Bertz CT molecular complexity index is 900.